The molecule has 2 aliphatic rings. The fourth-order valence-corrected chi connectivity index (χ4v) is 2.66. The number of piperidine rings is 1. The number of hydrogen-bond donors (Lipinski definition) is 1. The topological polar surface area (TPSA) is 30.5 Å². The molecule has 0 spiro atoms. The van der Waals surface area contributed by atoms with Crippen molar-refractivity contribution in [3.8, 4) is 0 Å². The van der Waals surface area contributed by atoms with Crippen LogP contribution in [0.15, 0.2) is 0 Å². The highest BCUT2D eigenvalue weighted by molar-refractivity contribution is 4.78. The molecule has 1 N–H and O–H groups in total. The molecule has 3 atom stereocenters. The maximum Gasteiger partial charge on any atom is 0.0725 e. The van der Waals surface area contributed by atoms with E-state index in [-0.39, 0.29) is 0 Å². The van der Waals surface area contributed by atoms with Crippen molar-refractivity contribution >= 4 is 0 Å². The van der Waals surface area contributed by atoms with Gasteiger partial charge in [-0.05, 0) is 52.0 Å². The number of hydrogen-bond acceptors (Lipinski definition) is 3. The van der Waals surface area contributed by atoms with Crippen LogP contribution in [0.5, 0.6) is 0 Å². The second kappa shape index (κ2) is 6.58. The summed E-state index contributed by atoms with van der Waals surface area (Å²) in [5.74, 6) is 0. The lowest BCUT2D eigenvalue weighted by molar-refractivity contribution is 0.00507. The van der Waals surface area contributed by atoms with Crippen molar-refractivity contribution in [3.05, 3.63) is 0 Å². The summed E-state index contributed by atoms with van der Waals surface area (Å²) in [7, 11) is 0. The average Bonchev–Trinajstić information content (AvgIpc) is 2.79. The van der Waals surface area contributed by atoms with Crippen LogP contribution in [0.4, 0.5) is 0 Å². The Bertz CT molecular complexity index is 192. The summed E-state index contributed by atoms with van der Waals surface area (Å²) in [6.07, 6.45) is 8.23. The van der Waals surface area contributed by atoms with Crippen LogP contribution >= 0.6 is 0 Å². The van der Waals surface area contributed by atoms with Crippen molar-refractivity contribution in [1.82, 2.24) is 5.32 Å². The molecule has 0 amide bonds. The van der Waals surface area contributed by atoms with Gasteiger partial charge in [0.1, 0.15) is 0 Å². The second-order valence-electron chi connectivity index (χ2n) is 5.07. The quantitative estimate of drug-likeness (QED) is 0.730. The molecule has 0 aromatic heterocycles. The minimum absolute atomic E-state index is 0.429. The predicted octanol–water partition coefficient (Wildman–Crippen LogP) is 2.10. The highest BCUT2D eigenvalue weighted by atomic mass is 16.5. The van der Waals surface area contributed by atoms with E-state index in [4.69, 9.17) is 9.47 Å². The van der Waals surface area contributed by atoms with Crippen LogP contribution in [-0.2, 0) is 9.47 Å². The van der Waals surface area contributed by atoms with Crippen molar-refractivity contribution in [2.45, 2.75) is 63.7 Å². The first-order valence-corrected chi connectivity index (χ1v) is 6.83. The molecule has 2 fully saturated rings. The van der Waals surface area contributed by atoms with Crippen molar-refractivity contribution in [1.29, 1.82) is 0 Å². The molecule has 94 valence electrons. The van der Waals surface area contributed by atoms with Gasteiger partial charge < -0.3 is 14.8 Å². The molecule has 2 heterocycles. The summed E-state index contributed by atoms with van der Waals surface area (Å²) in [6, 6.07) is 0.525. The van der Waals surface area contributed by atoms with E-state index >= 15 is 0 Å². The molecule has 16 heavy (non-hydrogen) atoms. The molecule has 2 saturated heterocycles. The van der Waals surface area contributed by atoms with Gasteiger partial charge in [0.2, 0.25) is 0 Å². The summed E-state index contributed by atoms with van der Waals surface area (Å²) in [4.78, 5) is 0. The van der Waals surface area contributed by atoms with Crippen LogP contribution in [0.3, 0.4) is 0 Å². The largest absolute Gasteiger partial charge is 0.378 e. The standard InChI is InChI=1S/C13H25NO2/c1-11-13(7-2-8-14-11)16-10-4-6-12-5-3-9-15-12/h11-14H,2-10H2,1H3. The fourth-order valence-electron chi connectivity index (χ4n) is 2.66. The molecule has 2 aliphatic heterocycles. The lowest BCUT2D eigenvalue weighted by atomic mass is 10.0. The molecule has 0 aromatic carbocycles. The minimum atomic E-state index is 0.429. The van der Waals surface area contributed by atoms with Crippen molar-refractivity contribution < 1.29 is 9.47 Å². The number of nitrogens with one attached hydrogen (secondary N) is 1. The molecule has 0 radical (unpaired) electrons. The van der Waals surface area contributed by atoms with Crippen LogP contribution in [0, 0.1) is 0 Å². The molecule has 0 bridgehead atoms. The van der Waals surface area contributed by atoms with Crippen LogP contribution in [0.25, 0.3) is 0 Å². The van der Waals surface area contributed by atoms with E-state index in [0.717, 1.165) is 26.2 Å². The SMILES string of the molecule is CC1NCCCC1OCCCC1CCCO1. The van der Waals surface area contributed by atoms with Crippen LogP contribution in [-0.4, -0.2) is 38.0 Å². The third kappa shape index (κ3) is 3.72. The van der Waals surface area contributed by atoms with Crippen molar-refractivity contribution in [3.63, 3.8) is 0 Å². The van der Waals surface area contributed by atoms with E-state index in [1.165, 1.54) is 32.1 Å². The number of rotatable bonds is 5. The Morgan fingerprint density at radius 3 is 3.00 bits per heavy atom. The van der Waals surface area contributed by atoms with Gasteiger partial charge in [0, 0.05) is 19.3 Å². The van der Waals surface area contributed by atoms with Crippen LogP contribution < -0.4 is 5.32 Å². The Morgan fingerprint density at radius 2 is 2.25 bits per heavy atom. The first kappa shape index (κ1) is 12.3. The molecule has 0 aliphatic carbocycles. The van der Waals surface area contributed by atoms with E-state index in [2.05, 4.69) is 12.2 Å². The van der Waals surface area contributed by atoms with Crippen molar-refractivity contribution in [2.75, 3.05) is 19.8 Å². The third-order valence-corrected chi connectivity index (χ3v) is 3.72. The van der Waals surface area contributed by atoms with E-state index in [0.29, 0.717) is 18.2 Å². The minimum Gasteiger partial charge on any atom is -0.378 e. The van der Waals surface area contributed by atoms with Gasteiger partial charge in [-0.1, -0.05) is 0 Å². The fraction of sp³-hybridized carbons (Fsp3) is 1.00. The zero-order valence-electron chi connectivity index (χ0n) is 10.4. The van der Waals surface area contributed by atoms with Gasteiger partial charge >= 0.3 is 0 Å². The van der Waals surface area contributed by atoms with Gasteiger partial charge in [-0.2, -0.15) is 0 Å². The predicted molar refractivity (Wildman–Crippen MR) is 64.6 cm³/mol. The lowest BCUT2D eigenvalue weighted by Crippen LogP contribution is -2.44. The molecular weight excluding hydrogens is 202 g/mol. The average molecular weight is 227 g/mol. The Morgan fingerprint density at radius 1 is 1.31 bits per heavy atom. The Kier molecular flexibility index (Phi) is 5.07. The molecule has 3 nitrogen and oxygen atoms in total. The molecule has 2 rings (SSSR count). The van der Waals surface area contributed by atoms with Gasteiger partial charge in [0.15, 0.2) is 0 Å². The zero-order valence-corrected chi connectivity index (χ0v) is 10.4. The summed E-state index contributed by atoms with van der Waals surface area (Å²) < 4.78 is 11.5. The van der Waals surface area contributed by atoms with E-state index in [1.54, 1.807) is 0 Å². The van der Waals surface area contributed by atoms with E-state index in [1.807, 2.05) is 0 Å². The van der Waals surface area contributed by atoms with Gasteiger partial charge in [-0.25, -0.2) is 0 Å². The summed E-state index contributed by atoms with van der Waals surface area (Å²) in [5.41, 5.74) is 0. The van der Waals surface area contributed by atoms with Gasteiger partial charge in [0.25, 0.3) is 0 Å². The Balaban J connectivity index is 1.53. The molecule has 0 saturated carbocycles. The maximum atomic E-state index is 5.94. The van der Waals surface area contributed by atoms with E-state index in [9.17, 15) is 0 Å². The highest BCUT2D eigenvalue weighted by Crippen LogP contribution is 2.18. The van der Waals surface area contributed by atoms with Crippen LogP contribution in [0.1, 0.15) is 45.4 Å². The smallest absolute Gasteiger partial charge is 0.0725 e. The maximum absolute atomic E-state index is 5.94. The Hall–Kier alpha value is -0.120. The monoisotopic (exact) mass is 227 g/mol. The number of ether oxygens (including phenoxy) is 2. The lowest BCUT2D eigenvalue weighted by Gasteiger charge is -2.30. The summed E-state index contributed by atoms with van der Waals surface area (Å²) in [6.45, 7) is 5.24. The third-order valence-electron chi connectivity index (χ3n) is 3.72. The first-order valence-electron chi connectivity index (χ1n) is 6.83. The second-order valence-corrected chi connectivity index (χ2v) is 5.07. The van der Waals surface area contributed by atoms with Crippen LogP contribution in [0.2, 0.25) is 0 Å². The van der Waals surface area contributed by atoms with Crippen molar-refractivity contribution in [2.24, 2.45) is 0 Å². The first-order chi connectivity index (χ1) is 7.86. The molecule has 3 unspecified atom stereocenters. The summed E-state index contributed by atoms with van der Waals surface area (Å²) >= 11 is 0. The normalized spacial score (nSPS) is 35.4. The van der Waals surface area contributed by atoms with Gasteiger partial charge in [0.05, 0.1) is 12.2 Å². The molecule has 0 aromatic rings. The molecular formula is C13H25NO2. The highest BCUT2D eigenvalue weighted by Gasteiger charge is 2.21. The van der Waals surface area contributed by atoms with Gasteiger partial charge in [-0.3, -0.25) is 0 Å². The zero-order chi connectivity index (χ0) is 11.2. The van der Waals surface area contributed by atoms with E-state index < -0.39 is 0 Å². The molecule has 3 heteroatoms. The Labute approximate surface area is 98.9 Å². The van der Waals surface area contributed by atoms with Gasteiger partial charge in [-0.15, -0.1) is 0 Å². The summed E-state index contributed by atoms with van der Waals surface area (Å²) in [5, 5.41) is 3.46.